The van der Waals surface area contributed by atoms with E-state index in [9.17, 15) is 13.6 Å². The zero-order valence-corrected chi connectivity index (χ0v) is 20.4. The molecule has 0 radical (unpaired) electrons. The molecule has 0 amide bonds. The summed E-state index contributed by atoms with van der Waals surface area (Å²) in [4.78, 5) is 0.817. The van der Waals surface area contributed by atoms with Crippen LogP contribution in [0.25, 0.3) is 0 Å². The number of hydrogen-bond acceptors (Lipinski definition) is 5. The molecular weight excluding hydrogens is 428 g/mol. The van der Waals surface area contributed by atoms with Crippen molar-refractivity contribution in [2.24, 2.45) is 0 Å². The minimum atomic E-state index is -3.48. The number of benzene rings is 1. The van der Waals surface area contributed by atoms with E-state index in [1.807, 2.05) is 30.3 Å². The van der Waals surface area contributed by atoms with Crippen molar-refractivity contribution in [2.45, 2.75) is 88.4 Å². The van der Waals surface area contributed by atoms with Crippen LogP contribution in [-0.4, -0.2) is 25.2 Å². The van der Waals surface area contributed by atoms with E-state index in [4.69, 9.17) is 0 Å². The first kappa shape index (κ1) is 26.0. The molecule has 0 saturated carbocycles. The lowest BCUT2D eigenvalue weighted by Crippen LogP contribution is -2.24. The van der Waals surface area contributed by atoms with Gasteiger partial charge in [-0.1, -0.05) is 95.0 Å². The Bertz CT molecular complexity index is 822. The third-order valence-corrected chi connectivity index (χ3v) is 8.29. The predicted molar refractivity (Wildman–Crippen MR) is 129 cm³/mol. The van der Waals surface area contributed by atoms with Crippen LogP contribution < -0.4 is 4.72 Å². The number of nitrogens with zero attached hydrogens (tertiary/aromatic N) is 1. The molecule has 0 atom stereocenters. The van der Waals surface area contributed by atoms with Crippen molar-refractivity contribution in [3.63, 3.8) is 0 Å². The highest BCUT2D eigenvalue weighted by Gasteiger charge is 2.17. The SMILES string of the molecule is CCCCCCCCCCCCNS(=O)(=O)c1ccc(CN(O)Cc2ccccc2)s1. The Morgan fingerprint density at radius 3 is 2.10 bits per heavy atom. The second kappa shape index (κ2) is 14.7. The van der Waals surface area contributed by atoms with E-state index in [-0.39, 0.29) is 0 Å². The van der Waals surface area contributed by atoms with Gasteiger partial charge in [-0.05, 0) is 24.1 Å². The van der Waals surface area contributed by atoms with Gasteiger partial charge in [0.2, 0.25) is 10.0 Å². The Morgan fingerprint density at radius 2 is 1.45 bits per heavy atom. The van der Waals surface area contributed by atoms with E-state index in [1.54, 1.807) is 12.1 Å². The maximum absolute atomic E-state index is 12.5. The lowest BCUT2D eigenvalue weighted by atomic mass is 10.1. The Labute approximate surface area is 192 Å². The van der Waals surface area contributed by atoms with Crippen molar-refractivity contribution in [1.29, 1.82) is 0 Å². The van der Waals surface area contributed by atoms with Gasteiger partial charge in [-0.3, -0.25) is 0 Å². The minimum Gasteiger partial charge on any atom is -0.313 e. The van der Waals surface area contributed by atoms with Gasteiger partial charge in [-0.2, -0.15) is 5.06 Å². The Morgan fingerprint density at radius 1 is 0.839 bits per heavy atom. The third kappa shape index (κ3) is 10.7. The van der Waals surface area contributed by atoms with Crippen LogP contribution in [0.3, 0.4) is 0 Å². The van der Waals surface area contributed by atoms with Crippen LogP contribution in [0.4, 0.5) is 0 Å². The number of hydroxylamine groups is 2. The molecular formula is C24H38N2O3S2. The number of rotatable bonds is 17. The van der Waals surface area contributed by atoms with Crippen LogP contribution in [0.2, 0.25) is 0 Å². The molecule has 1 aromatic heterocycles. The fourth-order valence-electron chi connectivity index (χ4n) is 3.51. The molecule has 2 rings (SSSR count). The van der Waals surface area contributed by atoms with Crippen molar-refractivity contribution in [3.8, 4) is 0 Å². The van der Waals surface area contributed by atoms with Crippen molar-refractivity contribution in [1.82, 2.24) is 9.79 Å². The molecule has 0 aliphatic rings. The zero-order valence-electron chi connectivity index (χ0n) is 18.8. The average molecular weight is 467 g/mol. The molecule has 0 fully saturated rings. The van der Waals surface area contributed by atoms with Crippen LogP contribution in [0.5, 0.6) is 0 Å². The van der Waals surface area contributed by atoms with Gasteiger partial charge < -0.3 is 5.21 Å². The van der Waals surface area contributed by atoms with Gasteiger partial charge in [0.1, 0.15) is 4.21 Å². The van der Waals surface area contributed by atoms with Gasteiger partial charge in [0.05, 0.1) is 6.54 Å². The number of nitrogens with one attached hydrogen (secondary N) is 1. The smallest absolute Gasteiger partial charge is 0.250 e. The molecule has 1 aromatic carbocycles. The molecule has 0 spiro atoms. The quantitative estimate of drug-likeness (QED) is 0.211. The molecule has 0 aliphatic carbocycles. The maximum Gasteiger partial charge on any atom is 0.250 e. The second-order valence-corrected chi connectivity index (χ2v) is 11.3. The molecule has 5 nitrogen and oxygen atoms in total. The lowest BCUT2D eigenvalue weighted by Gasteiger charge is -2.13. The summed E-state index contributed by atoms with van der Waals surface area (Å²) in [5.41, 5.74) is 1.01. The van der Waals surface area contributed by atoms with Crippen molar-refractivity contribution < 1.29 is 13.6 Å². The summed E-state index contributed by atoms with van der Waals surface area (Å²) in [5.74, 6) is 0. The lowest BCUT2D eigenvalue weighted by molar-refractivity contribution is -0.107. The number of hydrogen-bond donors (Lipinski definition) is 2. The fraction of sp³-hybridized carbons (Fsp3) is 0.583. The molecule has 174 valence electrons. The summed E-state index contributed by atoms with van der Waals surface area (Å²) in [5, 5.41) is 11.4. The number of unbranched alkanes of at least 4 members (excludes halogenated alkanes) is 9. The number of thiophene rings is 1. The predicted octanol–water partition coefficient (Wildman–Crippen LogP) is 6.34. The Hall–Kier alpha value is -1.25. The monoisotopic (exact) mass is 466 g/mol. The van der Waals surface area contributed by atoms with Gasteiger partial charge >= 0.3 is 0 Å². The molecule has 0 saturated heterocycles. The van der Waals surface area contributed by atoms with E-state index < -0.39 is 10.0 Å². The van der Waals surface area contributed by atoms with Crippen LogP contribution >= 0.6 is 11.3 Å². The van der Waals surface area contributed by atoms with Gasteiger partial charge in [0.25, 0.3) is 0 Å². The standard InChI is InChI=1S/C24H38N2O3S2/c1-2-3-4-5-6-7-8-9-10-14-19-25-31(28,29)24-18-17-23(30-24)21-26(27)20-22-15-12-11-13-16-22/h11-13,15-18,25,27H,2-10,14,19-21H2,1H3. The summed E-state index contributed by atoms with van der Waals surface area (Å²) in [6, 6.07) is 13.1. The molecule has 1 heterocycles. The molecule has 31 heavy (non-hydrogen) atoms. The van der Waals surface area contributed by atoms with E-state index in [1.165, 1.54) is 67.8 Å². The maximum atomic E-state index is 12.5. The first-order valence-electron chi connectivity index (χ1n) is 11.6. The highest BCUT2D eigenvalue weighted by molar-refractivity contribution is 7.91. The fourth-order valence-corrected chi connectivity index (χ4v) is 5.99. The van der Waals surface area contributed by atoms with Gasteiger partial charge in [-0.15, -0.1) is 11.3 Å². The molecule has 0 unspecified atom stereocenters. The third-order valence-electron chi connectivity index (χ3n) is 5.27. The minimum absolute atomic E-state index is 0.299. The molecule has 7 heteroatoms. The first-order chi connectivity index (χ1) is 15.0. The second-order valence-electron chi connectivity index (χ2n) is 8.11. The van der Waals surface area contributed by atoms with Gasteiger partial charge in [0, 0.05) is 18.0 Å². The summed E-state index contributed by atoms with van der Waals surface area (Å²) in [7, 11) is -3.48. The first-order valence-corrected chi connectivity index (χ1v) is 13.9. The van der Waals surface area contributed by atoms with Gasteiger partial charge in [-0.25, -0.2) is 13.1 Å². The highest BCUT2D eigenvalue weighted by Crippen LogP contribution is 2.23. The molecule has 0 bridgehead atoms. The van der Waals surface area contributed by atoms with Gasteiger partial charge in [0.15, 0.2) is 0 Å². The van der Waals surface area contributed by atoms with Crippen LogP contribution in [0.15, 0.2) is 46.7 Å². The van der Waals surface area contributed by atoms with Crippen LogP contribution in [-0.2, 0) is 23.1 Å². The normalized spacial score (nSPS) is 12.0. The van der Waals surface area contributed by atoms with E-state index >= 15 is 0 Å². The molecule has 2 aromatic rings. The summed E-state index contributed by atoms with van der Waals surface area (Å²) < 4.78 is 28.0. The summed E-state index contributed by atoms with van der Waals surface area (Å²) in [6.45, 7) is 3.42. The van der Waals surface area contributed by atoms with Crippen molar-refractivity contribution in [2.75, 3.05) is 6.54 Å². The molecule has 0 aliphatic heterocycles. The van der Waals surface area contributed by atoms with Crippen molar-refractivity contribution >= 4 is 21.4 Å². The largest absolute Gasteiger partial charge is 0.313 e. The zero-order chi connectivity index (χ0) is 22.4. The van der Waals surface area contributed by atoms with Crippen molar-refractivity contribution in [3.05, 3.63) is 52.9 Å². The van der Waals surface area contributed by atoms with Crippen LogP contribution in [0, 0.1) is 0 Å². The topological polar surface area (TPSA) is 69.6 Å². The Balaban J connectivity index is 1.62. The van der Waals surface area contributed by atoms with E-state index in [0.29, 0.717) is 23.8 Å². The average Bonchev–Trinajstić information content (AvgIpc) is 3.22. The number of sulfonamides is 1. The van der Waals surface area contributed by atoms with E-state index in [2.05, 4.69) is 11.6 Å². The van der Waals surface area contributed by atoms with Crippen LogP contribution in [0.1, 0.15) is 81.6 Å². The molecule has 2 N–H and O–H groups in total. The summed E-state index contributed by atoms with van der Waals surface area (Å²) >= 11 is 1.21. The van der Waals surface area contributed by atoms with E-state index in [0.717, 1.165) is 23.3 Å². The Kier molecular flexibility index (Phi) is 12.4. The highest BCUT2D eigenvalue weighted by atomic mass is 32.2. The summed E-state index contributed by atoms with van der Waals surface area (Å²) in [6.07, 6.45) is 12.3.